The van der Waals surface area contributed by atoms with E-state index in [2.05, 4.69) is 10.1 Å². The molecule has 0 bridgehead atoms. The number of hydrogen-bond acceptors (Lipinski definition) is 2. The second kappa shape index (κ2) is 6.72. The lowest BCUT2D eigenvalue weighted by Crippen LogP contribution is -2.03. The minimum absolute atomic E-state index is 0.189. The number of nitrogens with zero attached hydrogens (tertiary/aromatic N) is 3. The Bertz CT molecular complexity index is 915. The van der Waals surface area contributed by atoms with Gasteiger partial charge < -0.3 is 0 Å². The molecule has 0 radical (unpaired) electrons. The minimum Gasteiger partial charge on any atom is -0.256 e. The topological polar surface area (TPSA) is 30.2 Å². The molecule has 1 heterocycles. The molecule has 3 rings (SSSR count). The Morgan fingerprint density at radius 2 is 1.80 bits per heavy atom. The van der Waals surface area contributed by atoms with Crippen LogP contribution in [0.5, 0.6) is 0 Å². The van der Waals surface area contributed by atoms with Crippen molar-refractivity contribution >= 4 is 23.5 Å². The average molecular weight is 364 g/mol. The van der Waals surface area contributed by atoms with Gasteiger partial charge in [-0.2, -0.15) is 18.3 Å². The van der Waals surface area contributed by atoms with Crippen LogP contribution in [-0.2, 0) is 13.2 Å². The number of benzene rings is 2. The van der Waals surface area contributed by atoms with E-state index < -0.39 is 11.7 Å². The fourth-order valence-electron chi connectivity index (χ4n) is 2.35. The fraction of sp³-hybridized carbons (Fsp3) is 0.111. The third-order valence-corrected chi connectivity index (χ3v) is 4.02. The zero-order valence-corrected chi connectivity index (χ0v) is 13.9. The Kier molecular flexibility index (Phi) is 4.63. The van der Waals surface area contributed by atoms with E-state index in [1.54, 1.807) is 7.05 Å². The standard InChI is InChI=1S/C18H13ClF3N3/c1-25-17(19)15(16(24-25)12-6-3-2-4-7-12)11-23-14-9-5-8-13(10-14)18(20,21)22/h2-11H,1H3. The molecule has 0 saturated carbocycles. The molecule has 0 aliphatic rings. The Morgan fingerprint density at radius 1 is 1.08 bits per heavy atom. The van der Waals surface area contributed by atoms with Crippen molar-refractivity contribution in [2.45, 2.75) is 6.18 Å². The molecular weight excluding hydrogens is 351 g/mol. The summed E-state index contributed by atoms with van der Waals surface area (Å²) in [6.45, 7) is 0. The van der Waals surface area contributed by atoms with Gasteiger partial charge in [0, 0.05) is 18.8 Å². The lowest BCUT2D eigenvalue weighted by atomic mass is 10.1. The van der Waals surface area contributed by atoms with Crippen molar-refractivity contribution in [2.75, 3.05) is 0 Å². The van der Waals surface area contributed by atoms with Crippen LogP contribution in [0.3, 0.4) is 0 Å². The fourth-order valence-corrected chi connectivity index (χ4v) is 2.52. The van der Waals surface area contributed by atoms with Crippen LogP contribution in [0.2, 0.25) is 5.15 Å². The highest BCUT2D eigenvalue weighted by Crippen LogP contribution is 2.32. The van der Waals surface area contributed by atoms with Crippen LogP contribution in [0.4, 0.5) is 18.9 Å². The van der Waals surface area contributed by atoms with Gasteiger partial charge in [0.15, 0.2) is 0 Å². The molecule has 2 aromatic carbocycles. The molecular formula is C18H13ClF3N3. The van der Waals surface area contributed by atoms with Gasteiger partial charge >= 0.3 is 6.18 Å². The van der Waals surface area contributed by atoms with Gasteiger partial charge in [-0.05, 0) is 18.2 Å². The maximum absolute atomic E-state index is 12.8. The lowest BCUT2D eigenvalue weighted by Gasteiger charge is -2.06. The number of rotatable bonds is 3. The van der Waals surface area contributed by atoms with E-state index in [0.29, 0.717) is 16.4 Å². The molecule has 1 aromatic heterocycles. The maximum atomic E-state index is 12.8. The summed E-state index contributed by atoms with van der Waals surface area (Å²) in [4.78, 5) is 4.15. The van der Waals surface area contributed by atoms with Gasteiger partial charge in [0.2, 0.25) is 0 Å². The lowest BCUT2D eigenvalue weighted by molar-refractivity contribution is -0.137. The van der Waals surface area contributed by atoms with E-state index in [1.165, 1.54) is 23.0 Å². The summed E-state index contributed by atoms with van der Waals surface area (Å²) in [6.07, 6.45) is -2.97. The monoisotopic (exact) mass is 363 g/mol. The second-order valence-corrected chi connectivity index (χ2v) is 5.71. The second-order valence-electron chi connectivity index (χ2n) is 5.35. The van der Waals surface area contributed by atoms with E-state index in [9.17, 15) is 13.2 Å². The first-order chi connectivity index (χ1) is 11.9. The zero-order valence-electron chi connectivity index (χ0n) is 13.1. The molecule has 3 nitrogen and oxygen atoms in total. The van der Waals surface area contributed by atoms with Gasteiger partial charge in [-0.25, -0.2) is 0 Å². The van der Waals surface area contributed by atoms with Crippen molar-refractivity contribution in [3.8, 4) is 11.3 Å². The van der Waals surface area contributed by atoms with Gasteiger partial charge in [0.1, 0.15) is 10.8 Å². The van der Waals surface area contributed by atoms with E-state index in [1.807, 2.05) is 30.3 Å². The average Bonchev–Trinajstić information content (AvgIpc) is 2.88. The molecule has 128 valence electrons. The van der Waals surface area contributed by atoms with Crippen molar-refractivity contribution in [3.05, 3.63) is 70.9 Å². The van der Waals surface area contributed by atoms with Crippen molar-refractivity contribution in [2.24, 2.45) is 12.0 Å². The minimum atomic E-state index is -4.41. The van der Waals surface area contributed by atoms with Crippen LogP contribution in [0, 0.1) is 0 Å². The van der Waals surface area contributed by atoms with Crippen molar-refractivity contribution in [1.82, 2.24) is 9.78 Å². The number of aliphatic imine (C=N–C) groups is 1. The predicted molar refractivity (Wildman–Crippen MR) is 92.4 cm³/mol. The molecule has 0 saturated heterocycles. The smallest absolute Gasteiger partial charge is 0.256 e. The van der Waals surface area contributed by atoms with E-state index >= 15 is 0 Å². The Hall–Kier alpha value is -2.60. The predicted octanol–water partition coefficient (Wildman–Crippen LogP) is 5.51. The highest BCUT2D eigenvalue weighted by Gasteiger charge is 2.30. The van der Waals surface area contributed by atoms with Crippen LogP contribution in [-0.4, -0.2) is 16.0 Å². The quantitative estimate of drug-likeness (QED) is 0.564. The summed E-state index contributed by atoms with van der Waals surface area (Å²) in [6, 6.07) is 14.2. The molecule has 0 N–H and O–H groups in total. The highest BCUT2D eigenvalue weighted by atomic mass is 35.5. The summed E-state index contributed by atoms with van der Waals surface area (Å²) < 4.78 is 39.9. The number of aromatic nitrogens is 2. The molecule has 0 spiro atoms. The van der Waals surface area contributed by atoms with Crippen LogP contribution in [0.15, 0.2) is 59.6 Å². The largest absolute Gasteiger partial charge is 0.416 e. The Balaban J connectivity index is 2.00. The number of halogens is 4. The number of alkyl halides is 3. The van der Waals surface area contributed by atoms with Gasteiger partial charge in [0.05, 0.1) is 16.8 Å². The molecule has 0 atom stereocenters. The zero-order chi connectivity index (χ0) is 18.0. The normalized spacial score (nSPS) is 12.0. The SMILES string of the molecule is Cn1nc(-c2ccccc2)c(C=Nc2cccc(C(F)(F)F)c2)c1Cl. The van der Waals surface area contributed by atoms with Crippen LogP contribution in [0.1, 0.15) is 11.1 Å². The molecule has 0 aliphatic carbocycles. The first-order valence-electron chi connectivity index (χ1n) is 7.35. The third kappa shape index (κ3) is 3.74. The molecule has 0 aliphatic heterocycles. The van der Waals surface area contributed by atoms with E-state index in [0.717, 1.165) is 17.7 Å². The Labute approximate surface area is 147 Å². The van der Waals surface area contributed by atoms with E-state index in [-0.39, 0.29) is 5.69 Å². The maximum Gasteiger partial charge on any atom is 0.416 e. The Morgan fingerprint density at radius 3 is 2.48 bits per heavy atom. The summed E-state index contributed by atoms with van der Waals surface area (Å²) in [5, 5.41) is 4.72. The van der Waals surface area contributed by atoms with Gasteiger partial charge in [-0.3, -0.25) is 9.67 Å². The van der Waals surface area contributed by atoms with Crippen LogP contribution >= 0.6 is 11.6 Å². The van der Waals surface area contributed by atoms with Gasteiger partial charge in [-0.1, -0.05) is 48.0 Å². The van der Waals surface area contributed by atoms with Crippen molar-refractivity contribution in [3.63, 3.8) is 0 Å². The first-order valence-corrected chi connectivity index (χ1v) is 7.73. The molecule has 3 aromatic rings. The summed E-state index contributed by atoms with van der Waals surface area (Å²) in [5.74, 6) is 0. The number of hydrogen-bond donors (Lipinski definition) is 0. The molecule has 25 heavy (non-hydrogen) atoms. The van der Waals surface area contributed by atoms with Gasteiger partial charge in [0.25, 0.3) is 0 Å². The molecule has 0 amide bonds. The summed E-state index contributed by atoms with van der Waals surface area (Å²) >= 11 is 6.26. The van der Waals surface area contributed by atoms with Crippen LogP contribution < -0.4 is 0 Å². The van der Waals surface area contributed by atoms with Crippen molar-refractivity contribution < 1.29 is 13.2 Å². The highest BCUT2D eigenvalue weighted by molar-refractivity contribution is 6.32. The number of aryl methyl sites for hydroxylation is 1. The molecule has 7 heteroatoms. The third-order valence-electron chi connectivity index (χ3n) is 3.57. The summed E-state index contributed by atoms with van der Waals surface area (Å²) in [5.41, 5.74) is 1.45. The van der Waals surface area contributed by atoms with Crippen molar-refractivity contribution in [1.29, 1.82) is 0 Å². The van der Waals surface area contributed by atoms with Gasteiger partial charge in [-0.15, -0.1) is 0 Å². The summed E-state index contributed by atoms with van der Waals surface area (Å²) in [7, 11) is 1.69. The molecule has 0 fully saturated rings. The van der Waals surface area contributed by atoms with Crippen LogP contribution in [0.25, 0.3) is 11.3 Å². The first kappa shape index (κ1) is 17.2. The van der Waals surface area contributed by atoms with E-state index in [4.69, 9.17) is 11.6 Å². The molecule has 0 unspecified atom stereocenters.